The van der Waals surface area contributed by atoms with Crippen LogP contribution in [0, 0.1) is 0 Å². The summed E-state index contributed by atoms with van der Waals surface area (Å²) in [6.45, 7) is 2.63. The second-order valence-electron chi connectivity index (χ2n) is 6.40. The normalized spacial score (nSPS) is 12.7. The van der Waals surface area contributed by atoms with E-state index < -0.39 is 0 Å². The van der Waals surface area contributed by atoms with Gasteiger partial charge in [0, 0.05) is 13.7 Å². The molecule has 0 bridgehead atoms. The standard InChI is InChI=1S/C19H40O2/c1-3-4-5-6-10-13-16-19(21-2)17-14-11-8-7-9-12-15-18-20/h19-20H,3-18H2,1-2H3. The molecule has 1 N–H and O–H groups in total. The first kappa shape index (κ1) is 20.9. The third-order valence-electron chi connectivity index (χ3n) is 4.40. The summed E-state index contributed by atoms with van der Waals surface area (Å²) in [5, 5.41) is 8.71. The average molecular weight is 301 g/mol. The van der Waals surface area contributed by atoms with Gasteiger partial charge in [-0.3, -0.25) is 0 Å². The topological polar surface area (TPSA) is 29.5 Å². The Bertz CT molecular complexity index is 182. The lowest BCUT2D eigenvalue weighted by atomic mass is 10.0. The van der Waals surface area contributed by atoms with Gasteiger partial charge in [0.2, 0.25) is 0 Å². The summed E-state index contributed by atoms with van der Waals surface area (Å²) in [5.74, 6) is 0. The quantitative estimate of drug-likeness (QED) is 0.341. The van der Waals surface area contributed by atoms with Crippen LogP contribution in [0.4, 0.5) is 0 Å². The SMILES string of the molecule is CCCCCCCCC(CCCCCCCCCO)OC. The van der Waals surface area contributed by atoms with Gasteiger partial charge in [-0.15, -0.1) is 0 Å². The predicted octanol–water partition coefficient (Wildman–Crippen LogP) is 5.87. The van der Waals surface area contributed by atoms with Crippen molar-refractivity contribution in [2.45, 2.75) is 109 Å². The molecule has 0 aliphatic carbocycles. The number of hydrogen-bond donors (Lipinski definition) is 1. The highest BCUT2D eigenvalue weighted by Gasteiger charge is 2.06. The van der Waals surface area contributed by atoms with E-state index in [1.165, 1.54) is 89.9 Å². The van der Waals surface area contributed by atoms with Crippen molar-refractivity contribution in [1.29, 1.82) is 0 Å². The number of aliphatic hydroxyl groups is 1. The van der Waals surface area contributed by atoms with E-state index in [2.05, 4.69) is 6.92 Å². The molecule has 2 nitrogen and oxygen atoms in total. The fourth-order valence-corrected chi connectivity index (χ4v) is 2.90. The molecular formula is C19H40O2. The molecule has 0 spiro atoms. The Morgan fingerprint density at radius 1 is 0.667 bits per heavy atom. The zero-order valence-corrected chi connectivity index (χ0v) is 14.7. The van der Waals surface area contributed by atoms with Crippen molar-refractivity contribution in [3.05, 3.63) is 0 Å². The Morgan fingerprint density at radius 3 is 1.52 bits per heavy atom. The summed E-state index contributed by atoms with van der Waals surface area (Å²) in [6.07, 6.45) is 20.0. The van der Waals surface area contributed by atoms with E-state index in [0.717, 1.165) is 6.42 Å². The van der Waals surface area contributed by atoms with E-state index in [9.17, 15) is 0 Å². The van der Waals surface area contributed by atoms with Crippen LogP contribution in [0.1, 0.15) is 103 Å². The van der Waals surface area contributed by atoms with Crippen LogP contribution in [0.3, 0.4) is 0 Å². The smallest absolute Gasteiger partial charge is 0.0571 e. The highest BCUT2D eigenvalue weighted by Crippen LogP contribution is 2.16. The first-order chi connectivity index (χ1) is 10.3. The first-order valence-corrected chi connectivity index (χ1v) is 9.48. The third-order valence-corrected chi connectivity index (χ3v) is 4.40. The van der Waals surface area contributed by atoms with Gasteiger partial charge in [0.15, 0.2) is 0 Å². The maximum atomic E-state index is 8.71. The maximum Gasteiger partial charge on any atom is 0.0571 e. The molecule has 2 heteroatoms. The van der Waals surface area contributed by atoms with Crippen molar-refractivity contribution in [1.82, 2.24) is 0 Å². The van der Waals surface area contributed by atoms with Gasteiger partial charge in [-0.05, 0) is 19.3 Å². The number of unbranched alkanes of at least 4 members (excludes halogenated alkanes) is 11. The highest BCUT2D eigenvalue weighted by molar-refractivity contribution is 4.59. The van der Waals surface area contributed by atoms with Crippen LogP contribution in [-0.4, -0.2) is 24.9 Å². The van der Waals surface area contributed by atoms with E-state index >= 15 is 0 Å². The van der Waals surface area contributed by atoms with Crippen LogP contribution < -0.4 is 0 Å². The fraction of sp³-hybridized carbons (Fsp3) is 1.00. The van der Waals surface area contributed by atoms with Crippen LogP contribution in [0.15, 0.2) is 0 Å². The molecule has 0 aromatic heterocycles. The Hall–Kier alpha value is -0.0800. The molecule has 0 aromatic carbocycles. The van der Waals surface area contributed by atoms with Crippen molar-refractivity contribution in [3.8, 4) is 0 Å². The number of aliphatic hydroxyl groups excluding tert-OH is 1. The van der Waals surface area contributed by atoms with Gasteiger partial charge in [0.1, 0.15) is 0 Å². The summed E-state index contributed by atoms with van der Waals surface area (Å²) in [6, 6.07) is 0. The van der Waals surface area contributed by atoms with Crippen LogP contribution in [0.25, 0.3) is 0 Å². The molecule has 1 unspecified atom stereocenters. The molecule has 0 saturated carbocycles. The molecule has 0 aliphatic rings. The molecule has 0 rings (SSSR count). The average Bonchev–Trinajstić information content (AvgIpc) is 2.51. The Kier molecular flexibility index (Phi) is 17.9. The van der Waals surface area contributed by atoms with Crippen molar-refractivity contribution in [2.24, 2.45) is 0 Å². The van der Waals surface area contributed by atoms with Crippen molar-refractivity contribution < 1.29 is 9.84 Å². The maximum absolute atomic E-state index is 8.71. The predicted molar refractivity (Wildman–Crippen MR) is 92.8 cm³/mol. The molecule has 0 aromatic rings. The Labute approximate surface area is 133 Å². The molecule has 0 aliphatic heterocycles. The van der Waals surface area contributed by atoms with Gasteiger partial charge in [0.05, 0.1) is 6.10 Å². The highest BCUT2D eigenvalue weighted by atomic mass is 16.5. The van der Waals surface area contributed by atoms with Gasteiger partial charge in [-0.25, -0.2) is 0 Å². The van der Waals surface area contributed by atoms with Crippen molar-refractivity contribution >= 4 is 0 Å². The Balaban J connectivity index is 3.28. The zero-order chi connectivity index (χ0) is 15.6. The molecule has 1 atom stereocenters. The van der Waals surface area contributed by atoms with Gasteiger partial charge in [0.25, 0.3) is 0 Å². The molecule has 0 amide bonds. The van der Waals surface area contributed by atoms with E-state index in [-0.39, 0.29) is 0 Å². The van der Waals surface area contributed by atoms with E-state index in [0.29, 0.717) is 12.7 Å². The van der Waals surface area contributed by atoms with Crippen molar-refractivity contribution in [3.63, 3.8) is 0 Å². The molecular weight excluding hydrogens is 260 g/mol. The molecule has 128 valence electrons. The van der Waals surface area contributed by atoms with Gasteiger partial charge >= 0.3 is 0 Å². The molecule has 0 heterocycles. The van der Waals surface area contributed by atoms with E-state index in [1.807, 2.05) is 7.11 Å². The summed E-state index contributed by atoms with van der Waals surface area (Å²) >= 11 is 0. The van der Waals surface area contributed by atoms with Crippen LogP contribution in [-0.2, 0) is 4.74 Å². The molecule has 0 radical (unpaired) electrons. The largest absolute Gasteiger partial charge is 0.396 e. The molecule has 0 saturated heterocycles. The molecule has 21 heavy (non-hydrogen) atoms. The summed E-state index contributed by atoms with van der Waals surface area (Å²) in [4.78, 5) is 0. The minimum atomic E-state index is 0.355. The third kappa shape index (κ3) is 16.1. The number of rotatable bonds is 17. The number of hydrogen-bond acceptors (Lipinski definition) is 2. The zero-order valence-electron chi connectivity index (χ0n) is 14.7. The van der Waals surface area contributed by atoms with Gasteiger partial charge < -0.3 is 9.84 Å². The van der Waals surface area contributed by atoms with Gasteiger partial charge in [-0.2, -0.15) is 0 Å². The number of ether oxygens (including phenoxy) is 1. The van der Waals surface area contributed by atoms with Crippen LogP contribution in [0.2, 0.25) is 0 Å². The second kappa shape index (κ2) is 18.0. The van der Waals surface area contributed by atoms with Gasteiger partial charge in [-0.1, -0.05) is 84.0 Å². The lowest BCUT2D eigenvalue weighted by molar-refractivity contribution is 0.0831. The summed E-state index contributed by atoms with van der Waals surface area (Å²) < 4.78 is 5.61. The monoisotopic (exact) mass is 300 g/mol. The summed E-state index contributed by atoms with van der Waals surface area (Å²) in [5.41, 5.74) is 0. The lowest BCUT2D eigenvalue weighted by Gasteiger charge is -2.15. The van der Waals surface area contributed by atoms with E-state index in [4.69, 9.17) is 9.84 Å². The summed E-state index contributed by atoms with van der Waals surface area (Å²) in [7, 11) is 1.87. The number of methoxy groups -OCH3 is 1. The molecule has 0 fully saturated rings. The van der Waals surface area contributed by atoms with E-state index in [1.54, 1.807) is 0 Å². The first-order valence-electron chi connectivity index (χ1n) is 9.48. The lowest BCUT2D eigenvalue weighted by Crippen LogP contribution is -2.10. The Morgan fingerprint density at radius 2 is 1.10 bits per heavy atom. The van der Waals surface area contributed by atoms with Crippen molar-refractivity contribution in [2.75, 3.05) is 13.7 Å². The second-order valence-corrected chi connectivity index (χ2v) is 6.40. The van der Waals surface area contributed by atoms with Crippen LogP contribution >= 0.6 is 0 Å². The van der Waals surface area contributed by atoms with Crippen LogP contribution in [0.5, 0.6) is 0 Å². The minimum Gasteiger partial charge on any atom is -0.396 e. The minimum absolute atomic E-state index is 0.355. The fourth-order valence-electron chi connectivity index (χ4n) is 2.90.